The molecule has 134 valence electrons. The monoisotopic (exact) mass is 361 g/mol. The molecule has 6 nitrogen and oxygen atoms in total. The highest BCUT2D eigenvalue weighted by Gasteiger charge is 2.31. The van der Waals surface area contributed by atoms with Crippen LogP contribution in [0.15, 0.2) is 35.5 Å². The number of rotatable bonds is 7. The number of quaternary nitrogens is 1. The first kappa shape index (κ1) is 17.9. The smallest absolute Gasteiger partial charge is 0.319 e. The van der Waals surface area contributed by atoms with Crippen molar-refractivity contribution < 1.29 is 14.4 Å². The van der Waals surface area contributed by atoms with E-state index in [-0.39, 0.29) is 17.3 Å². The molecule has 1 aromatic heterocycles. The molecule has 3 rings (SSSR count). The molecule has 25 heavy (non-hydrogen) atoms. The zero-order valence-electron chi connectivity index (χ0n) is 14.9. The van der Waals surface area contributed by atoms with E-state index in [1.165, 1.54) is 22.2 Å². The molecule has 1 N–H and O–H groups in total. The second-order valence-corrected chi connectivity index (χ2v) is 7.68. The number of hydrogen-bond acceptors (Lipinski definition) is 5. The van der Waals surface area contributed by atoms with Crippen LogP contribution in [0.3, 0.4) is 0 Å². The van der Waals surface area contributed by atoms with E-state index in [2.05, 4.69) is 47.9 Å². The van der Waals surface area contributed by atoms with E-state index in [4.69, 9.17) is 4.74 Å². The van der Waals surface area contributed by atoms with Crippen LogP contribution in [0.2, 0.25) is 0 Å². The third-order valence-electron chi connectivity index (χ3n) is 4.48. The highest BCUT2D eigenvalue weighted by molar-refractivity contribution is 8.00. The Labute approximate surface area is 152 Å². The van der Waals surface area contributed by atoms with Crippen LogP contribution in [-0.4, -0.2) is 46.7 Å². The summed E-state index contributed by atoms with van der Waals surface area (Å²) in [6.07, 6.45) is 1.71. The van der Waals surface area contributed by atoms with Crippen LogP contribution in [0, 0.1) is 0 Å². The Morgan fingerprint density at radius 3 is 2.68 bits per heavy atom. The Bertz CT molecular complexity index is 717. The summed E-state index contributed by atoms with van der Waals surface area (Å²) in [6, 6.07) is 10.6. The minimum Gasteiger partial charge on any atom is -0.465 e. The predicted molar refractivity (Wildman–Crippen MR) is 96.6 cm³/mol. The van der Waals surface area contributed by atoms with Crippen LogP contribution in [0.4, 0.5) is 0 Å². The van der Waals surface area contributed by atoms with Crippen molar-refractivity contribution in [1.82, 2.24) is 14.8 Å². The number of esters is 1. The van der Waals surface area contributed by atoms with Gasteiger partial charge < -0.3 is 9.64 Å². The van der Waals surface area contributed by atoms with E-state index < -0.39 is 0 Å². The first-order chi connectivity index (χ1) is 12.1. The lowest BCUT2D eigenvalue weighted by Crippen LogP contribution is -3.06. The van der Waals surface area contributed by atoms with Gasteiger partial charge in [0, 0.05) is 12.8 Å². The van der Waals surface area contributed by atoms with Crippen LogP contribution in [0.25, 0.3) is 0 Å². The van der Waals surface area contributed by atoms with Crippen molar-refractivity contribution in [2.45, 2.75) is 42.8 Å². The molecule has 1 aliphatic rings. The van der Waals surface area contributed by atoms with Gasteiger partial charge in [-0.05, 0) is 5.56 Å². The number of carbonyl (C=O) groups excluding carboxylic acids is 1. The second kappa shape index (κ2) is 8.01. The molecule has 0 radical (unpaired) electrons. The summed E-state index contributed by atoms with van der Waals surface area (Å²) in [5.41, 5.74) is 1.20. The molecule has 1 aliphatic heterocycles. The van der Waals surface area contributed by atoms with Crippen LogP contribution in [0.5, 0.6) is 0 Å². The summed E-state index contributed by atoms with van der Waals surface area (Å²) in [5.74, 6) is 0.825. The van der Waals surface area contributed by atoms with Gasteiger partial charge in [0.1, 0.15) is 11.3 Å². The second-order valence-electron chi connectivity index (χ2n) is 6.51. The number of ether oxygens (including phenoxy) is 1. The van der Waals surface area contributed by atoms with Crippen molar-refractivity contribution in [3.63, 3.8) is 0 Å². The van der Waals surface area contributed by atoms with Crippen molar-refractivity contribution in [3.05, 3.63) is 41.7 Å². The number of nitrogens with zero attached hydrogens (tertiary/aromatic N) is 3. The lowest BCUT2D eigenvalue weighted by atomic mass is 10.2. The zero-order chi connectivity index (χ0) is 17.8. The van der Waals surface area contributed by atoms with E-state index in [1.807, 2.05) is 18.2 Å². The average Bonchev–Trinajstić information content (AvgIpc) is 3.17. The molecule has 0 unspecified atom stereocenters. The Balaban J connectivity index is 1.93. The summed E-state index contributed by atoms with van der Waals surface area (Å²) in [7, 11) is 4.27. The van der Waals surface area contributed by atoms with Gasteiger partial charge in [-0.2, -0.15) is 0 Å². The Morgan fingerprint density at radius 2 is 2.08 bits per heavy atom. The standard InChI is InChI=1S/C18H24N4O2S/c1-4-14(21(2)3)16-19-20-18(25-15-10-11-24-17(15)23)22(16)12-13-8-6-5-7-9-13/h5-9,14-15H,4,10-12H2,1-3H3/p+1/t14-,15-/m0/s1. The summed E-state index contributed by atoms with van der Waals surface area (Å²) in [6.45, 7) is 3.37. The number of carbonyl (C=O) groups is 1. The lowest BCUT2D eigenvalue weighted by Gasteiger charge is -2.20. The largest absolute Gasteiger partial charge is 0.465 e. The van der Waals surface area contributed by atoms with Crippen LogP contribution in [-0.2, 0) is 16.1 Å². The molecule has 1 saturated heterocycles. The minimum atomic E-state index is -0.182. The van der Waals surface area contributed by atoms with E-state index in [0.717, 1.165) is 23.8 Å². The van der Waals surface area contributed by atoms with Crippen LogP contribution < -0.4 is 4.90 Å². The van der Waals surface area contributed by atoms with E-state index in [0.29, 0.717) is 13.2 Å². The average molecular weight is 361 g/mol. The van der Waals surface area contributed by atoms with Crippen LogP contribution in [0.1, 0.15) is 37.2 Å². The summed E-state index contributed by atoms with van der Waals surface area (Å²) < 4.78 is 7.25. The molecule has 0 amide bonds. The normalized spacial score (nSPS) is 18.6. The molecule has 1 fully saturated rings. The lowest BCUT2D eigenvalue weighted by molar-refractivity contribution is -0.893. The number of cyclic esters (lactones) is 1. The molecule has 1 aromatic carbocycles. The van der Waals surface area contributed by atoms with Crippen molar-refractivity contribution in [3.8, 4) is 0 Å². The van der Waals surface area contributed by atoms with Gasteiger partial charge in [0.15, 0.2) is 11.0 Å². The topological polar surface area (TPSA) is 61.5 Å². The molecule has 2 aromatic rings. The Morgan fingerprint density at radius 1 is 1.32 bits per heavy atom. The number of thioether (sulfide) groups is 1. The molecule has 2 atom stereocenters. The molecule has 7 heteroatoms. The Kier molecular flexibility index (Phi) is 5.75. The molecule has 0 aliphatic carbocycles. The minimum absolute atomic E-state index is 0.147. The van der Waals surface area contributed by atoms with Crippen molar-refractivity contribution in [1.29, 1.82) is 0 Å². The molecule has 0 bridgehead atoms. The third kappa shape index (κ3) is 4.04. The Hall–Kier alpha value is -1.86. The fourth-order valence-electron chi connectivity index (χ4n) is 3.12. The van der Waals surface area contributed by atoms with Crippen molar-refractivity contribution in [2.24, 2.45) is 0 Å². The molecule has 0 spiro atoms. The maximum Gasteiger partial charge on any atom is 0.319 e. The predicted octanol–water partition coefficient (Wildman–Crippen LogP) is 1.33. The van der Waals surface area contributed by atoms with E-state index in [9.17, 15) is 4.79 Å². The zero-order valence-corrected chi connectivity index (χ0v) is 15.8. The molecule has 0 saturated carbocycles. The van der Waals surface area contributed by atoms with Gasteiger partial charge in [-0.3, -0.25) is 9.36 Å². The van der Waals surface area contributed by atoms with E-state index >= 15 is 0 Å². The van der Waals surface area contributed by atoms with Gasteiger partial charge in [-0.1, -0.05) is 49.0 Å². The highest BCUT2D eigenvalue weighted by atomic mass is 32.2. The fraction of sp³-hybridized carbons (Fsp3) is 0.500. The van der Waals surface area contributed by atoms with Crippen molar-refractivity contribution in [2.75, 3.05) is 20.7 Å². The number of hydrogen-bond donors (Lipinski definition) is 1. The summed E-state index contributed by atoms with van der Waals surface area (Å²) >= 11 is 1.47. The highest BCUT2D eigenvalue weighted by Crippen LogP contribution is 2.30. The summed E-state index contributed by atoms with van der Waals surface area (Å²) in [4.78, 5) is 13.2. The van der Waals surface area contributed by atoms with Gasteiger partial charge in [0.2, 0.25) is 0 Å². The van der Waals surface area contributed by atoms with Crippen LogP contribution >= 0.6 is 11.8 Å². The SMILES string of the molecule is CC[C@@H](c1nnc(S[C@H]2CCOC2=O)n1Cc1ccccc1)[NH+](C)C. The van der Waals surface area contributed by atoms with Gasteiger partial charge in [0.25, 0.3) is 0 Å². The van der Waals surface area contributed by atoms with Gasteiger partial charge in [-0.15, -0.1) is 10.2 Å². The maximum atomic E-state index is 11.8. The molecular weight excluding hydrogens is 336 g/mol. The van der Waals surface area contributed by atoms with Gasteiger partial charge in [-0.25, -0.2) is 0 Å². The first-order valence-electron chi connectivity index (χ1n) is 8.70. The fourth-order valence-corrected chi connectivity index (χ4v) is 4.13. The van der Waals surface area contributed by atoms with Gasteiger partial charge in [0.05, 0.1) is 27.2 Å². The van der Waals surface area contributed by atoms with Gasteiger partial charge >= 0.3 is 5.97 Å². The molecule has 2 heterocycles. The number of benzene rings is 1. The van der Waals surface area contributed by atoms with Crippen molar-refractivity contribution >= 4 is 17.7 Å². The summed E-state index contributed by atoms with van der Waals surface area (Å²) in [5, 5.41) is 9.52. The molecular formula is C18H25N4O2S+. The number of aromatic nitrogens is 3. The first-order valence-corrected chi connectivity index (χ1v) is 9.58. The maximum absolute atomic E-state index is 11.8. The van der Waals surface area contributed by atoms with E-state index in [1.54, 1.807) is 0 Å². The third-order valence-corrected chi connectivity index (χ3v) is 5.71. The quantitative estimate of drug-likeness (QED) is 0.754. The number of nitrogens with one attached hydrogen (secondary N) is 1.